The van der Waals surface area contributed by atoms with E-state index < -0.39 is 0 Å². The van der Waals surface area contributed by atoms with Crippen molar-refractivity contribution in [2.45, 2.75) is 32.7 Å². The topological polar surface area (TPSA) is 41.1 Å². The third kappa shape index (κ3) is 3.35. The molecule has 0 aromatic carbocycles. The smallest absolute Gasteiger partial charge is 0.223 e. The lowest BCUT2D eigenvalue weighted by molar-refractivity contribution is -0.125. The summed E-state index contributed by atoms with van der Waals surface area (Å²) in [5, 5.41) is 6.04. The molecular formula is C10H20N2O. The minimum atomic E-state index is 0.212. The molecule has 1 aliphatic rings. The van der Waals surface area contributed by atoms with Crippen molar-refractivity contribution < 1.29 is 4.79 Å². The molecule has 13 heavy (non-hydrogen) atoms. The highest BCUT2D eigenvalue weighted by Gasteiger charge is 2.32. The van der Waals surface area contributed by atoms with Crippen LogP contribution in [-0.2, 0) is 4.79 Å². The molecule has 0 spiro atoms. The van der Waals surface area contributed by atoms with E-state index >= 15 is 0 Å². The quantitative estimate of drug-likeness (QED) is 0.662. The van der Waals surface area contributed by atoms with Crippen LogP contribution >= 0.6 is 0 Å². The molecule has 0 radical (unpaired) electrons. The molecule has 3 nitrogen and oxygen atoms in total. The zero-order valence-electron chi connectivity index (χ0n) is 8.76. The van der Waals surface area contributed by atoms with E-state index in [1.807, 2.05) is 14.0 Å². The van der Waals surface area contributed by atoms with E-state index in [-0.39, 0.29) is 11.8 Å². The van der Waals surface area contributed by atoms with Gasteiger partial charge in [-0.1, -0.05) is 6.92 Å². The first-order valence-corrected chi connectivity index (χ1v) is 5.10. The van der Waals surface area contributed by atoms with E-state index in [1.54, 1.807) is 0 Å². The first-order chi connectivity index (χ1) is 6.15. The number of carbonyl (C=O) groups excluding carboxylic acids is 1. The maximum Gasteiger partial charge on any atom is 0.223 e. The zero-order chi connectivity index (χ0) is 9.84. The minimum absolute atomic E-state index is 0.212. The fourth-order valence-electron chi connectivity index (χ4n) is 1.33. The van der Waals surface area contributed by atoms with E-state index in [4.69, 9.17) is 0 Å². The van der Waals surface area contributed by atoms with E-state index in [0.29, 0.717) is 12.0 Å². The summed E-state index contributed by atoms with van der Waals surface area (Å²) >= 11 is 0. The van der Waals surface area contributed by atoms with Gasteiger partial charge in [-0.25, -0.2) is 0 Å². The number of amides is 1. The van der Waals surface area contributed by atoms with Crippen LogP contribution in [0.4, 0.5) is 0 Å². The molecule has 0 saturated heterocycles. The molecule has 3 heteroatoms. The summed E-state index contributed by atoms with van der Waals surface area (Å²) in [6.07, 6.45) is 2.46. The summed E-state index contributed by atoms with van der Waals surface area (Å²) in [5.41, 5.74) is 0. The Hall–Kier alpha value is -0.570. The van der Waals surface area contributed by atoms with Gasteiger partial charge in [0.2, 0.25) is 5.91 Å². The van der Waals surface area contributed by atoms with Crippen molar-refractivity contribution in [1.82, 2.24) is 10.6 Å². The van der Waals surface area contributed by atoms with Crippen LogP contribution in [0, 0.1) is 11.8 Å². The maximum atomic E-state index is 11.5. The summed E-state index contributed by atoms with van der Waals surface area (Å²) < 4.78 is 0. The monoisotopic (exact) mass is 184 g/mol. The molecule has 1 fully saturated rings. The lowest BCUT2D eigenvalue weighted by Crippen LogP contribution is -2.39. The molecule has 0 aromatic heterocycles. The lowest BCUT2D eigenvalue weighted by Gasteiger charge is -2.14. The second kappa shape index (κ2) is 4.61. The highest BCUT2D eigenvalue weighted by atomic mass is 16.1. The second-order valence-electron chi connectivity index (χ2n) is 4.06. The average Bonchev–Trinajstić information content (AvgIpc) is 2.95. The average molecular weight is 184 g/mol. The molecule has 2 N–H and O–H groups in total. The summed E-state index contributed by atoms with van der Waals surface area (Å²) in [6, 6.07) is 0.357. The molecule has 1 saturated carbocycles. The number of carbonyl (C=O) groups is 1. The first-order valence-electron chi connectivity index (χ1n) is 5.10. The Labute approximate surface area is 80.3 Å². The molecule has 0 heterocycles. The first kappa shape index (κ1) is 10.5. The van der Waals surface area contributed by atoms with Gasteiger partial charge in [-0.05, 0) is 32.7 Å². The Kier molecular flexibility index (Phi) is 3.72. The van der Waals surface area contributed by atoms with Crippen LogP contribution in [0.2, 0.25) is 0 Å². The van der Waals surface area contributed by atoms with Crippen LogP contribution in [0.5, 0.6) is 0 Å². The fraction of sp³-hybridized carbons (Fsp3) is 0.900. The van der Waals surface area contributed by atoms with Gasteiger partial charge in [-0.15, -0.1) is 0 Å². The molecule has 1 aliphatic carbocycles. The normalized spacial score (nSPS) is 20.8. The summed E-state index contributed by atoms with van der Waals surface area (Å²) in [6.45, 7) is 4.81. The molecular weight excluding hydrogens is 164 g/mol. The van der Waals surface area contributed by atoms with Crippen molar-refractivity contribution in [3.63, 3.8) is 0 Å². The Morgan fingerprint density at radius 2 is 2.08 bits per heavy atom. The molecule has 0 aliphatic heterocycles. The number of likely N-dealkylation sites (N-methyl/N-ethyl adjacent to an activating group) is 1. The highest BCUT2D eigenvalue weighted by Crippen LogP contribution is 2.36. The Morgan fingerprint density at radius 3 is 2.54 bits per heavy atom. The van der Waals surface area contributed by atoms with Gasteiger partial charge in [0.05, 0.1) is 0 Å². The van der Waals surface area contributed by atoms with Gasteiger partial charge >= 0.3 is 0 Å². The molecule has 0 aromatic rings. The molecule has 1 rings (SSSR count). The van der Waals surface area contributed by atoms with Crippen molar-refractivity contribution in [2.24, 2.45) is 11.8 Å². The van der Waals surface area contributed by atoms with Crippen LogP contribution in [0.3, 0.4) is 0 Å². The van der Waals surface area contributed by atoms with Gasteiger partial charge in [0.1, 0.15) is 0 Å². The van der Waals surface area contributed by atoms with Gasteiger partial charge in [-0.3, -0.25) is 4.79 Å². The Morgan fingerprint density at radius 1 is 1.46 bits per heavy atom. The number of rotatable bonds is 5. The molecule has 2 unspecified atom stereocenters. The predicted molar refractivity (Wildman–Crippen MR) is 53.4 cm³/mol. The highest BCUT2D eigenvalue weighted by molar-refractivity contribution is 5.78. The van der Waals surface area contributed by atoms with Crippen molar-refractivity contribution >= 4 is 5.91 Å². The molecule has 2 atom stereocenters. The molecule has 76 valence electrons. The van der Waals surface area contributed by atoms with Crippen LogP contribution in [-0.4, -0.2) is 25.5 Å². The number of hydrogen-bond donors (Lipinski definition) is 2. The standard InChI is InChI=1S/C10H20N2O/c1-7(11-3)6-12-10(13)8(2)9-4-5-9/h7-9,11H,4-6H2,1-3H3,(H,12,13). The van der Waals surface area contributed by atoms with Crippen molar-refractivity contribution in [2.75, 3.05) is 13.6 Å². The largest absolute Gasteiger partial charge is 0.354 e. The third-order valence-electron chi connectivity index (χ3n) is 2.82. The van der Waals surface area contributed by atoms with Gasteiger partial charge in [-0.2, -0.15) is 0 Å². The maximum absolute atomic E-state index is 11.5. The van der Waals surface area contributed by atoms with Crippen LogP contribution in [0.25, 0.3) is 0 Å². The second-order valence-corrected chi connectivity index (χ2v) is 4.06. The minimum Gasteiger partial charge on any atom is -0.354 e. The molecule has 1 amide bonds. The van der Waals surface area contributed by atoms with Gasteiger partial charge in [0, 0.05) is 18.5 Å². The third-order valence-corrected chi connectivity index (χ3v) is 2.82. The molecule has 0 bridgehead atoms. The van der Waals surface area contributed by atoms with Crippen LogP contribution in [0.1, 0.15) is 26.7 Å². The summed E-state index contributed by atoms with van der Waals surface area (Å²) in [4.78, 5) is 11.5. The van der Waals surface area contributed by atoms with Gasteiger partial charge in [0.15, 0.2) is 0 Å². The van der Waals surface area contributed by atoms with Crippen molar-refractivity contribution in [3.05, 3.63) is 0 Å². The fourth-order valence-corrected chi connectivity index (χ4v) is 1.33. The number of nitrogens with one attached hydrogen (secondary N) is 2. The SMILES string of the molecule is CNC(C)CNC(=O)C(C)C1CC1. The van der Waals surface area contributed by atoms with Gasteiger partial charge in [0.25, 0.3) is 0 Å². The lowest BCUT2D eigenvalue weighted by atomic mass is 10.1. The van der Waals surface area contributed by atoms with E-state index in [2.05, 4.69) is 17.6 Å². The predicted octanol–water partition coefficient (Wildman–Crippen LogP) is 0.757. The Balaban J connectivity index is 2.16. The number of hydrogen-bond acceptors (Lipinski definition) is 2. The van der Waals surface area contributed by atoms with Crippen LogP contribution < -0.4 is 10.6 Å². The van der Waals surface area contributed by atoms with E-state index in [9.17, 15) is 4.79 Å². The zero-order valence-corrected chi connectivity index (χ0v) is 8.76. The Bertz CT molecular complexity index is 178. The van der Waals surface area contributed by atoms with Gasteiger partial charge < -0.3 is 10.6 Å². The van der Waals surface area contributed by atoms with Crippen LogP contribution in [0.15, 0.2) is 0 Å². The van der Waals surface area contributed by atoms with E-state index in [0.717, 1.165) is 6.54 Å². The van der Waals surface area contributed by atoms with Crippen molar-refractivity contribution in [3.8, 4) is 0 Å². The van der Waals surface area contributed by atoms with E-state index in [1.165, 1.54) is 12.8 Å². The van der Waals surface area contributed by atoms with Crippen molar-refractivity contribution in [1.29, 1.82) is 0 Å². The summed E-state index contributed by atoms with van der Waals surface area (Å²) in [7, 11) is 1.90. The summed E-state index contributed by atoms with van der Waals surface area (Å²) in [5.74, 6) is 1.08.